The summed E-state index contributed by atoms with van der Waals surface area (Å²) in [6.07, 6.45) is 2.07. The molecule has 0 amide bonds. The third kappa shape index (κ3) is 2.38. The van der Waals surface area contributed by atoms with Gasteiger partial charge in [-0.25, -0.2) is 4.39 Å². The van der Waals surface area contributed by atoms with Gasteiger partial charge in [-0.1, -0.05) is 11.2 Å². The summed E-state index contributed by atoms with van der Waals surface area (Å²) in [7, 11) is 0. The van der Waals surface area contributed by atoms with Crippen molar-refractivity contribution >= 4 is 0 Å². The first kappa shape index (κ1) is 13.1. The number of benzene rings is 1. The molecule has 0 saturated carbocycles. The zero-order chi connectivity index (χ0) is 13.9. The second-order valence-electron chi connectivity index (χ2n) is 4.65. The van der Waals surface area contributed by atoms with Crippen LogP contribution in [0.2, 0.25) is 0 Å². The van der Waals surface area contributed by atoms with Gasteiger partial charge in [0, 0.05) is 0 Å². The summed E-state index contributed by atoms with van der Waals surface area (Å²) in [5, 5.41) is 7.23. The Hall–Kier alpha value is -1.95. The molecule has 0 bridgehead atoms. The lowest BCUT2D eigenvalue weighted by Gasteiger charge is -2.07. The van der Waals surface area contributed by atoms with Crippen molar-refractivity contribution in [3.63, 3.8) is 0 Å². The van der Waals surface area contributed by atoms with Crippen LogP contribution in [0.25, 0.3) is 11.4 Å². The maximum Gasteiger partial charge on any atom is 0.244 e. The predicted octanol–water partition coefficient (Wildman–Crippen LogP) is 2.70. The molecule has 0 aliphatic carbocycles. The number of halogens is 1. The van der Waals surface area contributed by atoms with Gasteiger partial charge in [0.15, 0.2) is 11.6 Å². The summed E-state index contributed by atoms with van der Waals surface area (Å²) < 4.78 is 24.4. The first-order chi connectivity index (χ1) is 9.79. The zero-order valence-corrected chi connectivity index (χ0v) is 11.2. The molecule has 1 fully saturated rings. The fourth-order valence-electron chi connectivity index (χ4n) is 2.36. The van der Waals surface area contributed by atoms with E-state index >= 15 is 0 Å². The van der Waals surface area contributed by atoms with Gasteiger partial charge in [0.2, 0.25) is 11.7 Å². The van der Waals surface area contributed by atoms with Gasteiger partial charge < -0.3 is 14.6 Å². The Bertz CT molecular complexity index is 594. The molecule has 0 spiro atoms. The van der Waals surface area contributed by atoms with Gasteiger partial charge in [-0.05, 0) is 38.4 Å². The summed E-state index contributed by atoms with van der Waals surface area (Å²) in [6.45, 7) is 3.13. The quantitative estimate of drug-likeness (QED) is 0.931. The first-order valence-corrected chi connectivity index (χ1v) is 6.78. The Morgan fingerprint density at radius 1 is 1.50 bits per heavy atom. The molecule has 1 aromatic heterocycles. The second-order valence-corrected chi connectivity index (χ2v) is 4.65. The predicted molar refractivity (Wildman–Crippen MR) is 70.8 cm³/mol. The molecule has 0 unspecified atom stereocenters. The maximum absolute atomic E-state index is 13.8. The molecule has 5 nitrogen and oxygen atoms in total. The molecular weight excluding hydrogens is 261 g/mol. The average molecular weight is 277 g/mol. The van der Waals surface area contributed by atoms with Gasteiger partial charge in [-0.3, -0.25) is 0 Å². The minimum absolute atomic E-state index is 0.0975. The van der Waals surface area contributed by atoms with Crippen LogP contribution in [0.3, 0.4) is 0 Å². The smallest absolute Gasteiger partial charge is 0.244 e. The van der Waals surface area contributed by atoms with Gasteiger partial charge in [0.25, 0.3) is 0 Å². The van der Waals surface area contributed by atoms with Crippen molar-refractivity contribution in [1.82, 2.24) is 15.5 Å². The van der Waals surface area contributed by atoms with Crippen molar-refractivity contribution < 1.29 is 13.7 Å². The normalized spacial score (nSPS) is 18.4. The second kappa shape index (κ2) is 5.58. The Kier molecular flexibility index (Phi) is 3.64. The van der Waals surface area contributed by atoms with Gasteiger partial charge in [0.05, 0.1) is 18.2 Å². The van der Waals surface area contributed by atoms with E-state index in [1.807, 2.05) is 0 Å². The molecule has 20 heavy (non-hydrogen) atoms. The molecule has 1 saturated heterocycles. The molecule has 0 radical (unpaired) electrons. The average Bonchev–Trinajstić information content (AvgIpc) is 3.11. The number of aromatic nitrogens is 2. The SMILES string of the molecule is CCOc1c(F)cccc1-c1noc([C@@H]2CCCN2)n1. The lowest BCUT2D eigenvalue weighted by molar-refractivity contribution is 0.322. The third-order valence-electron chi connectivity index (χ3n) is 3.30. The van der Waals surface area contributed by atoms with Crippen LogP contribution in [0.1, 0.15) is 31.7 Å². The van der Waals surface area contributed by atoms with Gasteiger partial charge in [0.1, 0.15) is 0 Å². The van der Waals surface area contributed by atoms with Crippen LogP contribution in [0.15, 0.2) is 22.7 Å². The van der Waals surface area contributed by atoms with Crippen molar-refractivity contribution in [3.05, 3.63) is 29.9 Å². The van der Waals surface area contributed by atoms with Crippen LogP contribution in [0, 0.1) is 5.82 Å². The van der Waals surface area contributed by atoms with Gasteiger partial charge in [-0.2, -0.15) is 4.98 Å². The molecule has 2 heterocycles. The van der Waals surface area contributed by atoms with Crippen molar-refractivity contribution in [1.29, 1.82) is 0 Å². The van der Waals surface area contributed by atoms with E-state index in [-0.39, 0.29) is 11.8 Å². The van der Waals surface area contributed by atoms with E-state index in [1.54, 1.807) is 19.1 Å². The van der Waals surface area contributed by atoms with E-state index in [0.29, 0.717) is 23.9 Å². The Morgan fingerprint density at radius 2 is 2.40 bits per heavy atom. The van der Waals surface area contributed by atoms with E-state index in [0.717, 1.165) is 19.4 Å². The molecule has 1 N–H and O–H groups in total. The van der Waals surface area contributed by atoms with Crippen molar-refractivity contribution in [2.24, 2.45) is 0 Å². The lowest BCUT2D eigenvalue weighted by Crippen LogP contribution is -2.13. The molecule has 6 heteroatoms. The summed E-state index contributed by atoms with van der Waals surface area (Å²) in [4.78, 5) is 4.36. The monoisotopic (exact) mass is 277 g/mol. The Morgan fingerprint density at radius 3 is 3.15 bits per heavy atom. The summed E-state index contributed by atoms with van der Waals surface area (Å²) in [5.74, 6) is 0.650. The molecule has 1 aliphatic heterocycles. The van der Waals surface area contributed by atoms with Crippen molar-refractivity contribution in [2.45, 2.75) is 25.8 Å². The van der Waals surface area contributed by atoms with Crippen LogP contribution in [-0.2, 0) is 0 Å². The standard InChI is InChI=1S/C14H16FN3O2/c1-2-19-12-9(5-3-6-10(12)15)13-17-14(20-18-13)11-7-4-8-16-11/h3,5-6,11,16H,2,4,7-8H2,1H3/t11-/m0/s1. The highest BCUT2D eigenvalue weighted by Crippen LogP contribution is 2.32. The van der Waals surface area contributed by atoms with E-state index < -0.39 is 5.82 Å². The van der Waals surface area contributed by atoms with E-state index in [2.05, 4.69) is 15.5 Å². The highest BCUT2D eigenvalue weighted by molar-refractivity contribution is 5.64. The maximum atomic E-state index is 13.8. The molecule has 1 aromatic carbocycles. The topological polar surface area (TPSA) is 60.2 Å². The van der Waals surface area contributed by atoms with Crippen molar-refractivity contribution in [3.8, 4) is 17.1 Å². The molecule has 3 rings (SSSR count). The van der Waals surface area contributed by atoms with Gasteiger partial charge >= 0.3 is 0 Å². The third-order valence-corrected chi connectivity index (χ3v) is 3.30. The van der Waals surface area contributed by atoms with Crippen LogP contribution in [0.5, 0.6) is 5.75 Å². The summed E-state index contributed by atoms with van der Waals surface area (Å²) >= 11 is 0. The number of nitrogens with zero attached hydrogens (tertiary/aromatic N) is 2. The molecule has 1 atom stereocenters. The molecule has 106 valence electrons. The number of para-hydroxylation sites is 1. The van der Waals surface area contributed by atoms with E-state index in [9.17, 15) is 4.39 Å². The van der Waals surface area contributed by atoms with Crippen LogP contribution in [-0.4, -0.2) is 23.3 Å². The van der Waals surface area contributed by atoms with E-state index in [4.69, 9.17) is 9.26 Å². The number of rotatable bonds is 4. The molecule has 2 aromatic rings. The minimum Gasteiger partial charge on any atom is -0.490 e. The highest BCUT2D eigenvalue weighted by atomic mass is 19.1. The van der Waals surface area contributed by atoms with E-state index in [1.165, 1.54) is 6.07 Å². The lowest BCUT2D eigenvalue weighted by atomic mass is 10.2. The number of ether oxygens (including phenoxy) is 1. The molecule has 1 aliphatic rings. The van der Waals surface area contributed by atoms with Gasteiger partial charge in [-0.15, -0.1) is 0 Å². The van der Waals surface area contributed by atoms with Crippen LogP contribution in [0.4, 0.5) is 4.39 Å². The Labute approximate surface area is 116 Å². The van der Waals surface area contributed by atoms with Crippen LogP contribution < -0.4 is 10.1 Å². The number of hydrogen-bond acceptors (Lipinski definition) is 5. The number of hydrogen-bond donors (Lipinski definition) is 1. The van der Waals surface area contributed by atoms with Crippen LogP contribution >= 0.6 is 0 Å². The first-order valence-electron chi connectivity index (χ1n) is 6.78. The van der Waals surface area contributed by atoms with Crippen molar-refractivity contribution in [2.75, 3.05) is 13.2 Å². The zero-order valence-electron chi connectivity index (χ0n) is 11.2. The number of nitrogens with one attached hydrogen (secondary N) is 1. The Balaban J connectivity index is 1.94. The fourth-order valence-corrected chi connectivity index (χ4v) is 2.36. The largest absolute Gasteiger partial charge is 0.490 e. The molecular formula is C14H16FN3O2. The highest BCUT2D eigenvalue weighted by Gasteiger charge is 2.24. The summed E-state index contributed by atoms with van der Waals surface area (Å²) in [6, 6.07) is 4.79. The summed E-state index contributed by atoms with van der Waals surface area (Å²) in [5.41, 5.74) is 0.514. The minimum atomic E-state index is -0.422. The fraction of sp³-hybridized carbons (Fsp3) is 0.429.